The van der Waals surface area contributed by atoms with Crippen molar-refractivity contribution in [3.8, 4) is 0 Å². The molecule has 0 amide bonds. The van der Waals surface area contributed by atoms with Crippen LogP contribution in [0.1, 0.15) is 22.4 Å². The van der Waals surface area contributed by atoms with Gasteiger partial charge in [0.25, 0.3) is 5.85 Å². The van der Waals surface area contributed by atoms with Crippen LogP contribution in [0.25, 0.3) is 11.2 Å². The summed E-state index contributed by atoms with van der Waals surface area (Å²) in [6, 6.07) is 8.24. The molecule has 0 saturated carbocycles. The second-order valence-electron chi connectivity index (χ2n) is 6.33. The number of nitrogen functional groups attached to an aromatic ring is 1. The number of carbonyl (C=O) groups excluding carboxylic acids is 1. The number of hydrogen-bond acceptors (Lipinski definition) is 9. The number of alkyl halides is 1. The molecule has 0 radical (unpaired) electrons. The normalized spacial score (nSPS) is 27.4. The van der Waals surface area contributed by atoms with Crippen LogP contribution in [0.5, 0.6) is 0 Å². The molecule has 10 nitrogen and oxygen atoms in total. The number of nitrogens with two attached hydrogens (primary N) is 1. The summed E-state index contributed by atoms with van der Waals surface area (Å²) in [6.45, 7) is -0.717. The average Bonchev–Trinajstić information content (AvgIpc) is 3.21. The molecule has 4 atom stereocenters. The molecule has 5 N–H and O–H groups in total. The van der Waals surface area contributed by atoms with E-state index in [1.54, 1.807) is 30.3 Å². The Hall–Kier alpha value is -2.99. The third kappa shape index (κ3) is 2.72. The van der Waals surface area contributed by atoms with Crippen molar-refractivity contribution in [2.75, 3.05) is 12.3 Å². The Morgan fingerprint density at radius 2 is 2.04 bits per heavy atom. The van der Waals surface area contributed by atoms with Gasteiger partial charge in [-0.05, 0) is 0 Å². The fraction of sp³-hybridized carbons (Fsp3) is 0.294. The molecule has 1 unspecified atom stereocenters. The van der Waals surface area contributed by atoms with Crippen LogP contribution in [0.15, 0.2) is 36.7 Å². The second kappa shape index (κ2) is 6.56. The molecule has 11 heteroatoms. The molecular formula is C17H16FN5O5. The predicted molar refractivity (Wildman–Crippen MR) is 92.7 cm³/mol. The van der Waals surface area contributed by atoms with Gasteiger partial charge >= 0.3 is 0 Å². The molecule has 1 aromatic carbocycles. The van der Waals surface area contributed by atoms with Gasteiger partial charge in [0.05, 0.1) is 12.9 Å². The van der Waals surface area contributed by atoms with Gasteiger partial charge in [-0.15, -0.1) is 0 Å². The quantitative estimate of drug-likeness (QED) is 0.434. The van der Waals surface area contributed by atoms with Crippen molar-refractivity contribution in [1.29, 1.82) is 0 Å². The molecule has 1 aliphatic rings. The van der Waals surface area contributed by atoms with Gasteiger partial charge in [0, 0.05) is 5.56 Å². The highest BCUT2D eigenvalue weighted by Gasteiger charge is 2.57. The summed E-state index contributed by atoms with van der Waals surface area (Å²) in [5.74, 6) is -4.12. The topological polar surface area (TPSA) is 157 Å². The van der Waals surface area contributed by atoms with E-state index in [-0.39, 0.29) is 22.8 Å². The largest absolute Gasteiger partial charge is 0.394 e. The Kier molecular flexibility index (Phi) is 4.31. The van der Waals surface area contributed by atoms with Crippen LogP contribution in [0.4, 0.5) is 10.2 Å². The minimum atomic E-state index is -3.23. The number of halogens is 1. The van der Waals surface area contributed by atoms with Crippen LogP contribution in [0.2, 0.25) is 0 Å². The molecule has 1 aliphatic heterocycles. The van der Waals surface area contributed by atoms with Gasteiger partial charge in [-0.25, -0.2) is 19.3 Å². The van der Waals surface area contributed by atoms with Crippen molar-refractivity contribution in [3.05, 3.63) is 48.0 Å². The van der Waals surface area contributed by atoms with E-state index in [0.717, 1.165) is 10.9 Å². The zero-order valence-electron chi connectivity index (χ0n) is 14.3. The second-order valence-corrected chi connectivity index (χ2v) is 6.33. The van der Waals surface area contributed by atoms with Gasteiger partial charge in [0.1, 0.15) is 17.7 Å². The lowest BCUT2D eigenvalue weighted by Gasteiger charge is -2.23. The molecule has 1 saturated heterocycles. The van der Waals surface area contributed by atoms with E-state index in [0.29, 0.717) is 5.56 Å². The van der Waals surface area contributed by atoms with Crippen molar-refractivity contribution in [2.24, 2.45) is 0 Å². The number of benzene rings is 1. The number of aliphatic hydroxyl groups is 3. The zero-order valence-corrected chi connectivity index (χ0v) is 14.3. The Balaban J connectivity index is 1.82. The molecule has 0 aliphatic carbocycles. The van der Waals surface area contributed by atoms with Gasteiger partial charge in [-0.2, -0.15) is 0 Å². The molecule has 0 spiro atoms. The first-order valence-electron chi connectivity index (χ1n) is 8.30. The minimum Gasteiger partial charge on any atom is -0.394 e. The minimum absolute atomic E-state index is 0.0611. The number of aliphatic hydroxyl groups excluding tert-OH is 2. The maximum absolute atomic E-state index is 14.7. The van der Waals surface area contributed by atoms with E-state index < -0.39 is 36.7 Å². The molecule has 4 rings (SSSR count). The summed E-state index contributed by atoms with van der Waals surface area (Å²) >= 11 is 0. The maximum Gasteiger partial charge on any atom is 0.281 e. The van der Waals surface area contributed by atoms with E-state index in [9.17, 15) is 24.5 Å². The lowest BCUT2D eigenvalue weighted by atomic mass is 10.1. The third-order valence-corrected chi connectivity index (χ3v) is 4.54. The fourth-order valence-corrected chi connectivity index (χ4v) is 3.08. The zero-order chi connectivity index (χ0) is 20.1. The number of fused-ring (bicyclic) bond motifs is 1. The number of anilines is 1. The summed E-state index contributed by atoms with van der Waals surface area (Å²) in [7, 11) is 0. The summed E-state index contributed by atoms with van der Waals surface area (Å²) in [4.78, 5) is 24.7. The third-order valence-electron chi connectivity index (χ3n) is 4.54. The molecule has 146 valence electrons. The monoisotopic (exact) mass is 389 g/mol. The fourth-order valence-electron chi connectivity index (χ4n) is 3.08. The summed E-state index contributed by atoms with van der Waals surface area (Å²) in [5, 5.41) is 29.1. The van der Waals surface area contributed by atoms with E-state index in [4.69, 9.17) is 10.5 Å². The Labute approximate surface area is 157 Å². The van der Waals surface area contributed by atoms with Crippen LogP contribution < -0.4 is 5.73 Å². The highest BCUT2D eigenvalue weighted by molar-refractivity contribution is 6.07. The number of ketones is 1. The van der Waals surface area contributed by atoms with Gasteiger partial charge < -0.3 is 25.8 Å². The van der Waals surface area contributed by atoms with Crippen LogP contribution in [-0.4, -0.2) is 65.3 Å². The highest BCUT2D eigenvalue weighted by atomic mass is 19.2. The molecule has 28 heavy (non-hydrogen) atoms. The van der Waals surface area contributed by atoms with Gasteiger partial charge in [0.15, 0.2) is 17.7 Å². The van der Waals surface area contributed by atoms with Crippen molar-refractivity contribution in [1.82, 2.24) is 19.5 Å². The number of ether oxygens (including phenoxy) is 1. The smallest absolute Gasteiger partial charge is 0.281 e. The first-order valence-corrected chi connectivity index (χ1v) is 8.30. The average molecular weight is 389 g/mol. The van der Waals surface area contributed by atoms with Crippen molar-refractivity contribution in [3.63, 3.8) is 0 Å². The number of carbonyl (C=O) groups is 1. The van der Waals surface area contributed by atoms with Gasteiger partial charge in [0.2, 0.25) is 11.6 Å². The van der Waals surface area contributed by atoms with Gasteiger partial charge in [-0.1, -0.05) is 30.3 Å². The molecule has 3 heterocycles. The Morgan fingerprint density at radius 1 is 1.32 bits per heavy atom. The Morgan fingerprint density at radius 3 is 2.68 bits per heavy atom. The summed E-state index contributed by atoms with van der Waals surface area (Å²) < 4.78 is 20.9. The molecule has 2 aromatic heterocycles. The number of nitrogens with zero attached hydrogens (tertiary/aromatic N) is 4. The lowest BCUT2D eigenvalue weighted by Crippen LogP contribution is -2.43. The van der Waals surface area contributed by atoms with Crippen molar-refractivity contribution in [2.45, 2.75) is 24.3 Å². The molecule has 0 bridgehead atoms. The summed E-state index contributed by atoms with van der Waals surface area (Å²) in [5.41, 5.74) is 6.18. The summed E-state index contributed by atoms with van der Waals surface area (Å²) in [6.07, 6.45) is -4.03. The van der Waals surface area contributed by atoms with Crippen LogP contribution in [-0.2, 0) is 4.74 Å². The van der Waals surface area contributed by atoms with E-state index >= 15 is 0 Å². The van der Waals surface area contributed by atoms with E-state index in [1.807, 2.05) is 0 Å². The van der Waals surface area contributed by atoms with Crippen LogP contribution in [0.3, 0.4) is 0 Å². The molecular weight excluding hydrogens is 373 g/mol. The van der Waals surface area contributed by atoms with E-state index in [1.165, 1.54) is 0 Å². The molecule has 1 fully saturated rings. The molecule has 3 aromatic rings. The number of hydrogen-bond donors (Lipinski definition) is 4. The highest BCUT2D eigenvalue weighted by Crippen LogP contribution is 2.40. The number of rotatable bonds is 4. The number of imidazole rings is 1. The first-order chi connectivity index (χ1) is 13.3. The maximum atomic E-state index is 14.7. The van der Waals surface area contributed by atoms with Crippen molar-refractivity contribution < 1.29 is 29.2 Å². The van der Waals surface area contributed by atoms with Gasteiger partial charge in [-0.3, -0.25) is 9.36 Å². The SMILES string of the molecule is Nc1nc(C(=O)c2ccccc2)nc2c1ncn2C1O[C@H](CO)[C@@H](O)[C@]1(O)F. The Bertz CT molecular complexity index is 1040. The lowest BCUT2D eigenvalue weighted by molar-refractivity contribution is -0.195. The van der Waals surface area contributed by atoms with Crippen LogP contribution in [0, 0.1) is 0 Å². The number of aromatic nitrogens is 4. The first kappa shape index (κ1) is 18.4. The van der Waals surface area contributed by atoms with Crippen molar-refractivity contribution >= 4 is 22.8 Å². The van der Waals surface area contributed by atoms with Crippen LogP contribution >= 0.6 is 0 Å². The standard InChI is InChI=1S/C17H16FN5O5/c18-17(27)12(26)9(6-24)28-16(17)23-7-20-10-13(19)21-14(22-15(10)23)11(25)8-4-2-1-3-5-8/h1-5,7,9,12,16,24,26-27H,6H2,(H2,19,21,22)/t9-,12-,16?,17-/m1/s1. The predicted octanol–water partition coefficient (Wildman–Crippen LogP) is -0.452. The van der Waals surface area contributed by atoms with E-state index in [2.05, 4.69) is 15.0 Å².